The monoisotopic (exact) mass is 364 g/mol. The van der Waals surface area contributed by atoms with Crippen molar-refractivity contribution >= 4 is 5.97 Å². The van der Waals surface area contributed by atoms with Crippen LogP contribution in [0.4, 0.5) is 8.78 Å². The molecule has 0 heterocycles. The van der Waals surface area contributed by atoms with Crippen LogP contribution >= 0.6 is 0 Å². The van der Waals surface area contributed by atoms with Gasteiger partial charge in [-0.25, -0.2) is 4.39 Å². The largest absolute Gasteiger partial charge is 0.423 e. The van der Waals surface area contributed by atoms with Crippen molar-refractivity contribution in [3.05, 3.63) is 29.3 Å². The maximum Gasteiger partial charge on any atom is 0.314 e. The van der Waals surface area contributed by atoms with Gasteiger partial charge in [-0.2, -0.15) is 4.39 Å². The molecule has 0 aromatic heterocycles. The van der Waals surface area contributed by atoms with E-state index in [1.807, 2.05) is 0 Å². The lowest BCUT2D eigenvalue weighted by Gasteiger charge is -2.32. The number of esters is 1. The summed E-state index contributed by atoms with van der Waals surface area (Å²) in [4.78, 5) is 12.3. The van der Waals surface area contributed by atoms with Crippen molar-refractivity contribution < 1.29 is 18.3 Å². The van der Waals surface area contributed by atoms with Crippen LogP contribution in [0.25, 0.3) is 0 Å². The van der Waals surface area contributed by atoms with E-state index in [1.165, 1.54) is 51.2 Å². The van der Waals surface area contributed by atoms with Crippen molar-refractivity contribution in [3.63, 3.8) is 0 Å². The van der Waals surface area contributed by atoms with Gasteiger partial charge in [0.05, 0.1) is 5.92 Å². The molecule has 0 atom stereocenters. The fraction of sp³-hybridized carbons (Fsp3) is 0.682. The van der Waals surface area contributed by atoms with Crippen LogP contribution in [0.15, 0.2) is 12.1 Å². The van der Waals surface area contributed by atoms with Gasteiger partial charge in [0, 0.05) is 0 Å². The molecular formula is C22H30F2O2. The number of rotatable bonds is 4. The molecule has 2 aliphatic rings. The van der Waals surface area contributed by atoms with Gasteiger partial charge in [-0.1, -0.05) is 38.7 Å². The number of carbonyl (C=O) groups is 1. The van der Waals surface area contributed by atoms with Crippen molar-refractivity contribution in [1.82, 2.24) is 0 Å². The van der Waals surface area contributed by atoms with E-state index >= 15 is 0 Å². The summed E-state index contributed by atoms with van der Waals surface area (Å²) in [6.45, 7) is 3.83. The molecule has 1 aromatic carbocycles. The minimum atomic E-state index is -1.07. The first kappa shape index (κ1) is 19.3. The standard InChI is InChI=1S/C22H30F2O2/c1-14-3-6-16(7-4-14)13-17-8-10-18(11-9-17)22(25)26-19-12-5-15(2)20(23)21(19)24/h5,12,14,16-18H,3-4,6-11,13H2,1-2H3. The van der Waals surface area contributed by atoms with Gasteiger partial charge in [0.25, 0.3) is 0 Å². The number of carbonyl (C=O) groups excluding carboxylic acids is 1. The van der Waals surface area contributed by atoms with E-state index in [0.717, 1.165) is 37.5 Å². The second-order valence-electron chi connectivity index (χ2n) is 8.51. The van der Waals surface area contributed by atoms with Gasteiger partial charge in [0.2, 0.25) is 5.82 Å². The van der Waals surface area contributed by atoms with Gasteiger partial charge >= 0.3 is 5.97 Å². The molecule has 1 aromatic rings. The molecule has 144 valence electrons. The molecule has 26 heavy (non-hydrogen) atoms. The third-order valence-electron chi connectivity index (χ3n) is 6.43. The Morgan fingerprint density at radius 2 is 1.54 bits per heavy atom. The SMILES string of the molecule is Cc1ccc(OC(=O)C2CCC(CC3CCC(C)CC3)CC2)c(F)c1F. The molecule has 3 rings (SSSR count). The summed E-state index contributed by atoms with van der Waals surface area (Å²) in [6, 6.07) is 2.77. The first-order valence-electron chi connectivity index (χ1n) is 10.1. The van der Waals surface area contributed by atoms with Crippen LogP contribution in [-0.2, 0) is 4.79 Å². The minimum Gasteiger partial charge on any atom is -0.423 e. The molecule has 0 bridgehead atoms. The van der Waals surface area contributed by atoms with E-state index in [0.29, 0.717) is 5.92 Å². The van der Waals surface area contributed by atoms with Crippen LogP contribution in [0.1, 0.15) is 70.3 Å². The summed E-state index contributed by atoms with van der Waals surface area (Å²) in [5, 5.41) is 0. The lowest BCUT2D eigenvalue weighted by molar-refractivity contribution is -0.140. The van der Waals surface area contributed by atoms with Crippen molar-refractivity contribution in [2.45, 2.75) is 71.6 Å². The molecule has 0 amide bonds. The maximum absolute atomic E-state index is 13.9. The third-order valence-corrected chi connectivity index (χ3v) is 6.43. The van der Waals surface area contributed by atoms with Crippen LogP contribution in [-0.4, -0.2) is 5.97 Å². The zero-order chi connectivity index (χ0) is 18.7. The van der Waals surface area contributed by atoms with E-state index in [4.69, 9.17) is 4.74 Å². The van der Waals surface area contributed by atoms with Gasteiger partial charge in [0.1, 0.15) is 0 Å². The molecule has 2 saturated carbocycles. The number of aryl methyl sites for hydroxylation is 1. The topological polar surface area (TPSA) is 26.3 Å². The smallest absolute Gasteiger partial charge is 0.314 e. The number of hydrogen-bond donors (Lipinski definition) is 0. The molecule has 2 fully saturated rings. The Morgan fingerprint density at radius 1 is 0.962 bits per heavy atom. The normalized spacial score (nSPS) is 29.4. The Hall–Kier alpha value is -1.45. The molecule has 0 saturated heterocycles. The average Bonchev–Trinajstić information content (AvgIpc) is 2.64. The second-order valence-corrected chi connectivity index (χ2v) is 8.51. The van der Waals surface area contributed by atoms with E-state index in [-0.39, 0.29) is 17.2 Å². The van der Waals surface area contributed by atoms with Gasteiger partial charge in [-0.05, 0) is 68.4 Å². The number of benzene rings is 1. The van der Waals surface area contributed by atoms with E-state index in [9.17, 15) is 13.6 Å². The molecular weight excluding hydrogens is 334 g/mol. The van der Waals surface area contributed by atoms with Gasteiger partial charge < -0.3 is 4.74 Å². The Morgan fingerprint density at radius 3 is 2.15 bits per heavy atom. The Labute approximate surface area is 155 Å². The summed E-state index contributed by atoms with van der Waals surface area (Å²) >= 11 is 0. The van der Waals surface area contributed by atoms with Crippen molar-refractivity contribution in [2.24, 2.45) is 23.7 Å². The molecule has 2 aliphatic carbocycles. The molecule has 0 unspecified atom stereocenters. The van der Waals surface area contributed by atoms with Gasteiger partial charge in [-0.3, -0.25) is 4.79 Å². The minimum absolute atomic E-state index is 0.193. The van der Waals surface area contributed by atoms with Gasteiger partial charge in [-0.15, -0.1) is 0 Å². The Balaban J connectivity index is 1.47. The highest BCUT2D eigenvalue weighted by Gasteiger charge is 2.30. The summed E-state index contributed by atoms with van der Waals surface area (Å²) in [7, 11) is 0. The summed E-state index contributed by atoms with van der Waals surface area (Å²) in [5.74, 6) is -0.492. The molecule has 0 radical (unpaired) electrons. The predicted octanol–water partition coefficient (Wildman–Crippen LogP) is 6.20. The highest BCUT2D eigenvalue weighted by molar-refractivity contribution is 5.75. The van der Waals surface area contributed by atoms with Crippen LogP contribution in [0.5, 0.6) is 5.75 Å². The number of ether oxygens (including phenoxy) is 1. The summed E-state index contributed by atoms with van der Waals surface area (Å²) in [6.07, 6.45) is 10.4. The number of halogens is 2. The van der Waals surface area contributed by atoms with Crippen molar-refractivity contribution in [1.29, 1.82) is 0 Å². The highest BCUT2D eigenvalue weighted by atomic mass is 19.2. The number of hydrogen-bond acceptors (Lipinski definition) is 2. The van der Waals surface area contributed by atoms with Crippen molar-refractivity contribution in [3.8, 4) is 5.75 Å². The van der Waals surface area contributed by atoms with Gasteiger partial charge in [0.15, 0.2) is 11.6 Å². The Kier molecular flexibility index (Phi) is 6.31. The lowest BCUT2D eigenvalue weighted by atomic mass is 9.73. The van der Waals surface area contributed by atoms with Crippen molar-refractivity contribution in [2.75, 3.05) is 0 Å². The van der Waals surface area contributed by atoms with Crippen LogP contribution in [0.3, 0.4) is 0 Å². The van der Waals surface area contributed by atoms with E-state index in [1.54, 1.807) is 0 Å². The fourth-order valence-corrected chi connectivity index (χ4v) is 4.57. The fourth-order valence-electron chi connectivity index (χ4n) is 4.57. The predicted molar refractivity (Wildman–Crippen MR) is 97.9 cm³/mol. The van der Waals surface area contributed by atoms with Crippen LogP contribution < -0.4 is 4.74 Å². The zero-order valence-corrected chi connectivity index (χ0v) is 15.9. The summed E-state index contributed by atoms with van der Waals surface area (Å²) < 4.78 is 32.7. The molecule has 0 aliphatic heterocycles. The molecule has 2 nitrogen and oxygen atoms in total. The molecule has 0 N–H and O–H groups in total. The van der Waals surface area contributed by atoms with E-state index < -0.39 is 17.6 Å². The quantitative estimate of drug-likeness (QED) is 0.469. The van der Waals surface area contributed by atoms with Crippen LogP contribution in [0.2, 0.25) is 0 Å². The maximum atomic E-state index is 13.9. The third kappa shape index (κ3) is 4.63. The first-order valence-corrected chi connectivity index (χ1v) is 10.1. The van der Waals surface area contributed by atoms with Crippen LogP contribution in [0, 0.1) is 42.2 Å². The highest BCUT2D eigenvalue weighted by Crippen LogP contribution is 2.38. The second kappa shape index (κ2) is 8.49. The Bertz CT molecular complexity index is 627. The van der Waals surface area contributed by atoms with E-state index in [2.05, 4.69) is 6.92 Å². The molecule has 0 spiro atoms. The molecule has 4 heteroatoms. The summed E-state index contributed by atoms with van der Waals surface area (Å²) in [5.41, 5.74) is 0.208. The zero-order valence-electron chi connectivity index (χ0n) is 15.9. The average molecular weight is 364 g/mol. The first-order chi connectivity index (χ1) is 12.4. The lowest BCUT2D eigenvalue weighted by Crippen LogP contribution is -2.27.